The van der Waals surface area contributed by atoms with Crippen molar-refractivity contribution < 1.29 is 24.6 Å². The molecule has 4 nitrogen and oxygen atoms in total. The minimum Gasteiger partial charge on any atom is -0.189 e. The Bertz CT molecular complexity index is 500. The summed E-state index contributed by atoms with van der Waals surface area (Å²) in [5, 5.41) is 0. The van der Waals surface area contributed by atoms with E-state index in [4.69, 9.17) is 0 Å². The zero-order valence-corrected chi connectivity index (χ0v) is 8.15. The van der Waals surface area contributed by atoms with E-state index in [1.807, 2.05) is 0 Å². The Morgan fingerprint density at radius 2 is 1.21 bits per heavy atom. The highest BCUT2D eigenvalue weighted by Crippen LogP contribution is 2.18. The monoisotopic (exact) mass is 242 g/mol. The number of rotatable bonds is 2. The molecule has 0 radical (unpaired) electrons. The molecule has 0 aliphatic rings. The Morgan fingerprint density at radius 3 is 1.50 bits per heavy atom. The molecule has 14 heavy (non-hydrogen) atoms. The smallest absolute Gasteiger partial charge is 0.189 e. The lowest BCUT2D eigenvalue weighted by atomic mass is 10.4. The summed E-state index contributed by atoms with van der Waals surface area (Å²) >= 11 is 0. The molecule has 0 fully saturated rings. The summed E-state index contributed by atoms with van der Waals surface area (Å²) in [6.45, 7) is 0. The van der Waals surface area contributed by atoms with Gasteiger partial charge in [-0.2, -0.15) is 16.8 Å². The second-order valence-corrected chi connectivity index (χ2v) is 5.04. The average molecular weight is 242 g/mol. The van der Waals surface area contributed by atoms with Crippen LogP contribution in [-0.2, 0) is 20.4 Å². The van der Waals surface area contributed by atoms with E-state index in [1.54, 1.807) is 0 Å². The highest BCUT2D eigenvalue weighted by molar-refractivity contribution is 7.87. The van der Waals surface area contributed by atoms with E-state index in [2.05, 4.69) is 0 Å². The van der Waals surface area contributed by atoms with Crippen molar-refractivity contribution in [1.29, 1.82) is 0 Å². The van der Waals surface area contributed by atoms with Crippen molar-refractivity contribution in [2.24, 2.45) is 0 Å². The normalized spacial score (nSPS) is 12.7. The lowest BCUT2D eigenvalue weighted by molar-refractivity contribution is 0.550. The van der Waals surface area contributed by atoms with Crippen LogP contribution in [0.3, 0.4) is 0 Å². The molecule has 0 bridgehead atoms. The maximum absolute atomic E-state index is 12.3. The van der Waals surface area contributed by atoms with Crippen LogP contribution < -0.4 is 0 Å². The van der Waals surface area contributed by atoms with E-state index in [9.17, 15) is 24.6 Å². The summed E-state index contributed by atoms with van der Waals surface area (Å²) in [6, 6.07) is 2.98. The van der Waals surface area contributed by atoms with Crippen LogP contribution in [0.5, 0.6) is 0 Å². The van der Waals surface area contributed by atoms with Gasteiger partial charge in [0.15, 0.2) is 0 Å². The molecule has 78 valence electrons. The molecule has 0 atom stereocenters. The molecule has 0 saturated heterocycles. The fourth-order valence-electron chi connectivity index (χ4n) is 0.778. The molecular formula is C6H4F2O4S2. The van der Waals surface area contributed by atoms with Crippen LogP contribution in [0.25, 0.3) is 0 Å². The third-order valence-electron chi connectivity index (χ3n) is 1.37. The lowest BCUT2D eigenvalue weighted by Gasteiger charge is -1.96. The van der Waals surface area contributed by atoms with E-state index in [1.165, 1.54) is 0 Å². The maximum atomic E-state index is 12.3. The van der Waals surface area contributed by atoms with Crippen LogP contribution in [0.1, 0.15) is 0 Å². The number of hydrogen-bond acceptors (Lipinski definition) is 4. The minimum atomic E-state index is -5.02. The van der Waals surface area contributed by atoms with Crippen LogP contribution in [-0.4, -0.2) is 16.8 Å². The van der Waals surface area contributed by atoms with Gasteiger partial charge in [0.1, 0.15) is 0 Å². The second kappa shape index (κ2) is 3.28. The third kappa shape index (κ3) is 2.48. The van der Waals surface area contributed by atoms with Gasteiger partial charge in [0.05, 0.1) is 9.79 Å². The predicted molar refractivity (Wildman–Crippen MR) is 43.0 cm³/mol. The van der Waals surface area contributed by atoms with Gasteiger partial charge in [0.25, 0.3) is 0 Å². The molecular weight excluding hydrogens is 238 g/mol. The number of halogens is 2. The average Bonchev–Trinajstić information content (AvgIpc) is 2.01. The Morgan fingerprint density at radius 1 is 0.857 bits per heavy atom. The van der Waals surface area contributed by atoms with E-state index in [-0.39, 0.29) is 0 Å². The first-order valence-corrected chi connectivity index (χ1v) is 5.97. The van der Waals surface area contributed by atoms with E-state index in [0.717, 1.165) is 18.2 Å². The zero-order chi connectivity index (χ0) is 11.0. The van der Waals surface area contributed by atoms with Crippen LogP contribution in [0.2, 0.25) is 0 Å². The van der Waals surface area contributed by atoms with Crippen molar-refractivity contribution in [3.8, 4) is 0 Å². The fraction of sp³-hybridized carbons (Fsp3) is 0. The van der Waals surface area contributed by atoms with E-state index < -0.39 is 30.2 Å². The van der Waals surface area contributed by atoms with Crippen molar-refractivity contribution in [3.05, 3.63) is 24.3 Å². The molecule has 0 aromatic heterocycles. The summed E-state index contributed by atoms with van der Waals surface area (Å²) in [7, 11) is -10.0. The molecule has 1 aromatic carbocycles. The molecule has 0 aliphatic heterocycles. The zero-order valence-electron chi connectivity index (χ0n) is 6.51. The topological polar surface area (TPSA) is 68.3 Å². The largest absolute Gasteiger partial charge is 0.332 e. The standard InChI is InChI=1S/C6H4F2O4S2/c7-13(9,10)5-2-1-3-6(4-5)14(8,11)12/h1-4H. The Labute approximate surface area is 79.6 Å². The molecule has 8 heteroatoms. The highest BCUT2D eigenvalue weighted by atomic mass is 32.3. The minimum absolute atomic E-state index is 0.407. The first-order valence-electron chi connectivity index (χ1n) is 3.20. The molecule has 0 spiro atoms. The van der Waals surface area contributed by atoms with Gasteiger partial charge in [-0.25, -0.2) is 0 Å². The van der Waals surface area contributed by atoms with Crippen LogP contribution in [0.4, 0.5) is 7.77 Å². The van der Waals surface area contributed by atoms with Gasteiger partial charge < -0.3 is 0 Å². The van der Waals surface area contributed by atoms with Gasteiger partial charge in [-0.15, -0.1) is 7.77 Å². The molecule has 1 rings (SSSR count). The van der Waals surface area contributed by atoms with E-state index >= 15 is 0 Å². The fourth-order valence-corrected chi connectivity index (χ4v) is 1.87. The summed E-state index contributed by atoms with van der Waals surface area (Å²) < 4.78 is 66.0. The van der Waals surface area contributed by atoms with Gasteiger partial charge in [-0.3, -0.25) is 0 Å². The van der Waals surface area contributed by atoms with Gasteiger partial charge in [-0.05, 0) is 18.2 Å². The lowest BCUT2D eigenvalue weighted by Crippen LogP contribution is -1.96. The van der Waals surface area contributed by atoms with Gasteiger partial charge in [0.2, 0.25) is 0 Å². The number of benzene rings is 1. The second-order valence-electron chi connectivity index (χ2n) is 2.35. The summed E-state index contributed by atoms with van der Waals surface area (Å²) in [6.07, 6.45) is 0. The first kappa shape index (κ1) is 11.1. The molecule has 0 aliphatic carbocycles. The number of hydrogen-bond donors (Lipinski definition) is 0. The molecule has 0 N–H and O–H groups in total. The quantitative estimate of drug-likeness (QED) is 0.725. The van der Waals surface area contributed by atoms with E-state index in [0.29, 0.717) is 6.07 Å². The van der Waals surface area contributed by atoms with Gasteiger partial charge in [0, 0.05) is 0 Å². The first-order chi connectivity index (χ1) is 6.21. The van der Waals surface area contributed by atoms with Crippen LogP contribution >= 0.6 is 0 Å². The van der Waals surface area contributed by atoms with Crippen molar-refractivity contribution in [3.63, 3.8) is 0 Å². The Balaban J connectivity index is 3.44. The van der Waals surface area contributed by atoms with Crippen molar-refractivity contribution in [2.75, 3.05) is 0 Å². The molecule has 0 saturated carbocycles. The Hall–Kier alpha value is -1.02. The van der Waals surface area contributed by atoms with Crippen molar-refractivity contribution in [1.82, 2.24) is 0 Å². The molecule has 1 aromatic rings. The van der Waals surface area contributed by atoms with Crippen molar-refractivity contribution >= 4 is 20.4 Å². The maximum Gasteiger partial charge on any atom is 0.332 e. The summed E-state index contributed by atoms with van der Waals surface area (Å²) in [5.41, 5.74) is 0. The van der Waals surface area contributed by atoms with Crippen LogP contribution in [0.15, 0.2) is 34.1 Å². The molecule has 0 amide bonds. The van der Waals surface area contributed by atoms with Gasteiger partial charge >= 0.3 is 20.4 Å². The third-order valence-corrected chi connectivity index (χ3v) is 3.00. The summed E-state index contributed by atoms with van der Waals surface area (Å²) in [5.74, 6) is 0. The summed E-state index contributed by atoms with van der Waals surface area (Å²) in [4.78, 5) is -1.78. The highest BCUT2D eigenvalue weighted by Gasteiger charge is 2.17. The van der Waals surface area contributed by atoms with Crippen molar-refractivity contribution in [2.45, 2.75) is 9.79 Å². The van der Waals surface area contributed by atoms with Crippen LogP contribution in [0, 0.1) is 0 Å². The Kier molecular flexibility index (Phi) is 2.59. The predicted octanol–water partition coefficient (Wildman–Crippen LogP) is 1.00. The molecule has 0 heterocycles. The van der Waals surface area contributed by atoms with Gasteiger partial charge in [-0.1, -0.05) is 6.07 Å². The molecule has 0 unspecified atom stereocenters. The SMILES string of the molecule is O=S(=O)(F)c1cccc(S(=O)(=O)F)c1.